The first-order valence-corrected chi connectivity index (χ1v) is 6.43. The van der Waals surface area contributed by atoms with Gasteiger partial charge in [0.25, 0.3) is 0 Å². The largest absolute Gasteiger partial charge is 0.316 e. The van der Waals surface area contributed by atoms with E-state index in [0.717, 1.165) is 25.9 Å². The number of ketones is 1. The van der Waals surface area contributed by atoms with Crippen LogP contribution in [-0.2, 0) is 11.2 Å². The third kappa shape index (κ3) is 3.67. The zero-order valence-corrected chi connectivity index (χ0v) is 10.8. The summed E-state index contributed by atoms with van der Waals surface area (Å²) in [5.74, 6) is 0.942. The molecule has 1 fully saturated rings. The van der Waals surface area contributed by atoms with Crippen molar-refractivity contribution in [3.63, 3.8) is 0 Å². The highest BCUT2D eigenvalue weighted by atomic mass is 16.1. The third-order valence-corrected chi connectivity index (χ3v) is 3.36. The minimum Gasteiger partial charge on any atom is -0.316 e. The number of rotatable bonds is 4. The Kier molecular flexibility index (Phi) is 3.95. The molecule has 1 atom stereocenters. The zero-order valence-electron chi connectivity index (χ0n) is 10.8. The molecule has 1 aliphatic rings. The van der Waals surface area contributed by atoms with Crippen molar-refractivity contribution in [2.45, 2.75) is 33.1 Å². The molecule has 0 spiro atoms. The van der Waals surface area contributed by atoms with Gasteiger partial charge in [-0.15, -0.1) is 0 Å². The molecule has 0 saturated carbocycles. The van der Waals surface area contributed by atoms with Crippen LogP contribution in [0.5, 0.6) is 0 Å². The zero-order chi connectivity index (χ0) is 12.3. The van der Waals surface area contributed by atoms with E-state index in [1.54, 1.807) is 0 Å². The summed E-state index contributed by atoms with van der Waals surface area (Å²) in [5.41, 5.74) is 3.66. The Morgan fingerprint density at radius 2 is 2.00 bits per heavy atom. The predicted octanol–water partition coefficient (Wildman–Crippen LogP) is 2.41. The fourth-order valence-corrected chi connectivity index (χ4v) is 2.68. The first-order valence-electron chi connectivity index (χ1n) is 6.43. The van der Waals surface area contributed by atoms with Crippen molar-refractivity contribution in [1.29, 1.82) is 0 Å². The molecule has 2 rings (SSSR count). The van der Waals surface area contributed by atoms with Crippen LogP contribution in [0.25, 0.3) is 0 Å². The van der Waals surface area contributed by atoms with Crippen molar-refractivity contribution >= 4 is 5.78 Å². The minimum absolute atomic E-state index is 0.378. The van der Waals surface area contributed by atoms with Gasteiger partial charge in [-0.25, -0.2) is 0 Å². The smallest absolute Gasteiger partial charge is 0.137 e. The van der Waals surface area contributed by atoms with Crippen LogP contribution < -0.4 is 5.32 Å². The van der Waals surface area contributed by atoms with Crippen LogP contribution in [0.1, 0.15) is 29.5 Å². The van der Waals surface area contributed by atoms with E-state index in [1.807, 2.05) is 0 Å². The van der Waals surface area contributed by atoms with Gasteiger partial charge in [0.15, 0.2) is 0 Å². The van der Waals surface area contributed by atoms with E-state index in [9.17, 15) is 4.79 Å². The first kappa shape index (κ1) is 12.3. The summed E-state index contributed by atoms with van der Waals surface area (Å²) in [6.07, 6.45) is 2.48. The quantitative estimate of drug-likeness (QED) is 0.862. The number of aryl methyl sites for hydroxylation is 2. The van der Waals surface area contributed by atoms with Crippen LogP contribution in [0.3, 0.4) is 0 Å². The molecule has 2 heteroatoms. The van der Waals surface area contributed by atoms with Crippen LogP contribution >= 0.6 is 0 Å². The molecule has 1 unspecified atom stereocenters. The fraction of sp³-hybridized carbons (Fsp3) is 0.533. The molecule has 2 nitrogen and oxygen atoms in total. The first-order chi connectivity index (χ1) is 8.13. The number of benzene rings is 1. The second kappa shape index (κ2) is 5.46. The summed E-state index contributed by atoms with van der Waals surface area (Å²) < 4.78 is 0. The lowest BCUT2D eigenvalue weighted by Gasteiger charge is -2.08. The van der Waals surface area contributed by atoms with Crippen molar-refractivity contribution < 1.29 is 4.79 Å². The second-order valence-corrected chi connectivity index (χ2v) is 5.27. The Morgan fingerprint density at radius 3 is 2.59 bits per heavy atom. The average Bonchev–Trinajstić information content (AvgIpc) is 2.67. The molecule has 0 amide bonds. The van der Waals surface area contributed by atoms with Gasteiger partial charge in [0, 0.05) is 12.8 Å². The highest BCUT2D eigenvalue weighted by Gasteiger charge is 2.18. The highest BCUT2D eigenvalue weighted by Crippen LogP contribution is 2.15. The standard InChI is InChI=1S/C15H21NO/c1-11-5-12(2)7-14(6-11)9-15(17)8-13-3-4-16-10-13/h5-7,13,16H,3-4,8-10H2,1-2H3. The molecule has 0 radical (unpaired) electrons. The summed E-state index contributed by atoms with van der Waals surface area (Å²) in [5, 5.41) is 3.31. The fourth-order valence-electron chi connectivity index (χ4n) is 2.68. The Balaban J connectivity index is 1.92. The van der Waals surface area contributed by atoms with Gasteiger partial charge in [-0.05, 0) is 44.8 Å². The molecular weight excluding hydrogens is 210 g/mol. The normalized spacial score (nSPS) is 19.5. The molecule has 1 saturated heterocycles. The van der Waals surface area contributed by atoms with E-state index in [0.29, 0.717) is 18.1 Å². The molecule has 1 aromatic rings. The number of carbonyl (C=O) groups excluding carboxylic acids is 1. The van der Waals surface area contributed by atoms with Gasteiger partial charge in [-0.3, -0.25) is 4.79 Å². The van der Waals surface area contributed by atoms with Gasteiger partial charge >= 0.3 is 0 Å². The van der Waals surface area contributed by atoms with Gasteiger partial charge in [-0.2, -0.15) is 0 Å². The topological polar surface area (TPSA) is 29.1 Å². The summed E-state index contributed by atoms with van der Waals surface area (Å²) in [6.45, 7) is 6.25. The van der Waals surface area contributed by atoms with Crippen LogP contribution in [0, 0.1) is 19.8 Å². The van der Waals surface area contributed by atoms with E-state index in [2.05, 4.69) is 37.4 Å². The van der Waals surface area contributed by atoms with E-state index in [4.69, 9.17) is 0 Å². The number of carbonyl (C=O) groups is 1. The molecule has 1 heterocycles. The van der Waals surface area contributed by atoms with Crippen molar-refractivity contribution in [1.82, 2.24) is 5.32 Å². The van der Waals surface area contributed by atoms with Crippen molar-refractivity contribution in [2.75, 3.05) is 13.1 Å². The van der Waals surface area contributed by atoms with Crippen LogP contribution in [0.15, 0.2) is 18.2 Å². The average molecular weight is 231 g/mol. The lowest BCUT2D eigenvalue weighted by Crippen LogP contribution is -2.14. The van der Waals surface area contributed by atoms with Gasteiger partial charge in [0.05, 0.1) is 0 Å². The third-order valence-electron chi connectivity index (χ3n) is 3.36. The van der Waals surface area contributed by atoms with Crippen LogP contribution in [0.2, 0.25) is 0 Å². The second-order valence-electron chi connectivity index (χ2n) is 5.27. The molecule has 17 heavy (non-hydrogen) atoms. The number of hydrogen-bond acceptors (Lipinski definition) is 2. The lowest BCUT2D eigenvalue weighted by molar-refractivity contribution is -0.119. The van der Waals surface area contributed by atoms with Gasteiger partial charge < -0.3 is 5.32 Å². The molecule has 0 aromatic heterocycles. The molecule has 1 N–H and O–H groups in total. The van der Waals surface area contributed by atoms with Crippen molar-refractivity contribution in [2.24, 2.45) is 5.92 Å². The maximum atomic E-state index is 12.0. The SMILES string of the molecule is Cc1cc(C)cc(CC(=O)CC2CCNC2)c1. The number of nitrogens with one attached hydrogen (secondary N) is 1. The van der Waals surface area contributed by atoms with Crippen LogP contribution in [0.4, 0.5) is 0 Å². The Labute approximate surface area is 103 Å². The van der Waals surface area contributed by atoms with Crippen molar-refractivity contribution in [3.8, 4) is 0 Å². The van der Waals surface area contributed by atoms with E-state index >= 15 is 0 Å². The summed E-state index contributed by atoms with van der Waals surface area (Å²) in [4.78, 5) is 12.0. The number of hydrogen-bond donors (Lipinski definition) is 1. The maximum Gasteiger partial charge on any atom is 0.137 e. The summed E-state index contributed by atoms with van der Waals surface area (Å²) in [7, 11) is 0. The van der Waals surface area contributed by atoms with Gasteiger partial charge in [-0.1, -0.05) is 29.3 Å². The number of Topliss-reactive ketones (excluding diaryl/α,β-unsaturated/α-hetero) is 1. The highest BCUT2D eigenvalue weighted by molar-refractivity contribution is 5.81. The van der Waals surface area contributed by atoms with Gasteiger partial charge in [0.1, 0.15) is 5.78 Å². The molecule has 1 aliphatic heterocycles. The van der Waals surface area contributed by atoms with E-state index in [-0.39, 0.29) is 0 Å². The van der Waals surface area contributed by atoms with Crippen LogP contribution in [-0.4, -0.2) is 18.9 Å². The molecule has 0 aliphatic carbocycles. The van der Waals surface area contributed by atoms with Gasteiger partial charge in [0.2, 0.25) is 0 Å². The monoisotopic (exact) mass is 231 g/mol. The van der Waals surface area contributed by atoms with E-state index < -0.39 is 0 Å². The van der Waals surface area contributed by atoms with Crippen molar-refractivity contribution in [3.05, 3.63) is 34.9 Å². The summed E-state index contributed by atoms with van der Waals surface area (Å²) in [6, 6.07) is 6.39. The molecule has 92 valence electrons. The minimum atomic E-state index is 0.378. The van der Waals surface area contributed by atoms with E-state index in [1.165, 1.54) is 16.7 Å². The predicted molar refractivity (Wildman–Crippen MR) is 70.2 cm³/mol. The summed E-state index contributed by atoms with van der Waals surface area (Å²) >= 11 is 0. The molecule has 0 bridgehead atoms. The maximum absolute atomic E-state index is 12.0. The molecular formula is C15H21NO. The Hall–Kier alpha value is -1.15. The molecule has 1 aromatic carbocycles. The Morgan fingerprint density at radius 1 is 1.29 bits per heavy atom. The lowest BCUT2D eigenvalue weighted by atomic mass is 9.96. The Bertz CT molecular complexity index is 385.